The lowest BCUT2D eigenvalue weighted by molar-refractivity contribution is 0.166. The van der Waals surface area contributed by atoms with Gasteiger partial charge in [-0.1, -0.05) is 0 Å². The second-order valence-corrected chi connectivity index (χ2v) is 5.48. The largest absolute Gasteiger partial charge is 0.396 e. The Morgan fingerprint density at radius 1 is 1.35 bits per heavy atom. The fourth-order valence-electron chi connectivity index (χ4n) is 2.79. The molecular formula is C14H20FNO. The van der Waals surface area contributed by atoms with Gasteiger partial charge in [0, 0.05) is 24.4 Å². The lowest BCUT2D eigenvalue weighted by Gasteiger charge is -2.47. The van der Waals surface area contributed by atoms with Crippen LogP contribution in [0, 0.1) is 11.7 Å². The minimum absolute atomic E-state index is 0.0173. The monoisotopic (exact) mass is 237 g/mol. The number of aliphatic hydroxyl groups is 1. The zero-order valence-corrected chi connectivity index (χ0v) is 10.5. The number of halogens is 1. The minimum atomic E-state index is -0.197. The molecule has 1 heterocycles. The summed E-state index contributed by atoms with van der Waals surface area (Å²) in [6, 6.07) is 6.67. The van der Waals surface area contributed by atoms with Gasteiger partial charge in [-0.15, -0.1) is 0 Å². The van der Waals surface area contributed by atoms with Crippen molar-refractivity contribution < 1.29 is 9.50 Å². The molecule has 0 saturated carbocycles. The maximum atomic E-state index is 12.9. The van der Waals surface area contributed by atoms with Crippen molar-refractivity contribution >= 4 is 5.69 Å². The molecule has 1 aliphatic rings. The molecule has 1 saturated heterocycles. The Balaban J connectivity index is 2.18. The first-order valence-corrected chi connectivity index (χ1v) is 6.17. The predicted molar refractivity (Wildman–Crippen MR) is 67.6 cm³/mol. The highest BCUT2D eigenvalue weighted by molar-refractivity contribution is 5.49. The normalized spacial score (nSPS) is 23.8. The SMILES string of the molecule is CC1(C)CC(CO)CCN1c1ccc(F)cc1. The van der Waals surface area contributed by atoms with Gasteiger partial charge in [0.25, 0.3) is 0 Å². The summed E-state index contributed by atoms with van der Waals surface area (Å²) in [5, 5.41) is 9.25. The molecule has 0 radical (unpaired) electrons. The molecule has 0 aromatic heterocycles. The smallest absolute Gasteiger partial charge is 0.123 e. The number of nitrogens with zero attached hydrogens (tertiary/aromatic N) is 1. The maximum absolute atomic E-state index is 12.9. The average Bonchev–Trinajstić information content (AvgIpc) is 2.29. The Morgan fingerprint density at radius 2 is 2.00 bits per heavy atom. The van der Waals surface area contributed by atoms with Crippen LogP contribution in [0.4, 0.5) is 10.1 Å². The van der Waals surface area contributed by atoms with Gasteiger partial charge in [-0.3, -0.25) is 0 Å². The van der Waals surface area contributed by atoms with Gasteiger partial charge in [0.15, 0.2) is 0 Å². The summed E-state index contributed by atoms with van der Waals surface area (Å²) in [4.78, 5) is 2.30. The zero-order chi connectivity index (χ0) is 12.5. The highest BCUT2D eigenvalue weighted by atomic mass is 19.1. The lowest BCUT2D eigenvalue weighted by atomic mass is 9.82. The number of piperidine rings is 1. The van der Waals surface area contributed by atoms with Crippen molar-refractivity contribution in [1.82, 2.24) is 0 Å². The first-order chi connectivity index (χ1) is 8.03. The van der Waals surface area contributed by atoms with Crippen molar-refractivity contribution in [1.29, 1.82) is 0 Å². The van der Waals surface area contributed by atoms with E-state index < -0.39 is 0 Å². The lowest BCUT2D eigenvalue weighted by Crippen LogP contribution is -2.50. The molecule has 0 spiro atoms. The molecule has 94 valence electrons. The Labute approximate surface area is 102 Å². The molecular weight excluding hydrogens is 217 g/mol. The number of anilines is 1. The van der Waals surface area contributed by atoms with Crippen molar-refractivity contribution in [2.45, 2.75) is 32.2 Å². The number of benzene rings is 1. The molecule has 1 N–H and O–H groups in total. The molecule has 3 heteroatoms. The van der Waals surface area contributed by atoms with E-state index in [1.807, 2.05) is 12.1 Å². The molecule has 1 fully saturated rings. The third-order valence-electron chi connectivity index (χ3n) is 3.68. The van der Waals surface area contributed by atoms with Crippen LogP contribution >= 0.6 is 0 Å². The van der Waals surface area contributed by atoms with E-state index >= 15 is 0 Å². The van der Waals surface area contributed by atoms with E-state index in [1.165, 1.54) is 12.1 Å². The van der Waals surface area contributed by atoms with Crippen LogP contribution in [0.15, 0.2) is 24.3 Å². The van der Waals surface area contributed by atoms with Crippen molar-refractivity contribution in [2.75, 3.05) is 18.1 Å². The topological polar surface area (TPSA) is 23.5 Å². The summed E-state index contributed by atoms with van der Waals surface area (Å²) in [7, 11) is 0. The molecule has 1 aliphatic heterocycles. The summed E-state index contributed by atoms with van der Waals surface area (Å²) in [5.74, 6) is 0.193. The van der Waals surface area contributed by atoms with Crippen LogP contribution in [0.25, 0.3) is 0 Å². The summed E-state index contributed by atoms with van der Waals surface area (Å²) < 4.78 is 12.9. The third kappa shape index (κ3) is 2.60. The van der Waals surface area contributed by atoms with Crippen LogP contribution in [0.3, 0.4) is 0 Å². The van der Waals surface area contributed by atoms with Crippen molar-refractivity contribution in [3.8, 4) is 0 Å². The summed E-state index contributed by atoms with van der Waals surface area (Å²) in [6.45, 7) is 5.54. The van der Waals surface area contributed by atoms with Crippen molar-refractivity contribution in [3.05, 3.63) is 30.1 Å². The summed E-state index contributed by atoms with van der Waals surface area (Å²) in [6.07, 6.45) is 1.97. The zero-order valence-electron chi connectivity index (χ0n) is 10.5. The Kier molecular flexibility index (Phi) is 3.38. The van der Waals surface area contributed by atoms with Crippen molar-refractivity contribution in [2.24, 2.45) is 5.92 Å². The van der Waals surface area contributed by atoms with Gasteiger partial charge in [-0.25, -0.2) is 4.39 Å². The van der Waals surface area contributed by atoms with E-state index in [9.17, 15) is 9.50 Å². The van der Waals surface area contributed by atoms with Gasteiger partial charge < -0.3 is 10.0 Å². The number of rotatable bonds is 2. The van der Waals surface area contributed by atoms with Crippen LogP contribution in [-0.2, 0) is 0 Å². The molecule has 0 bridgehead atoms. The highest BCUT2D eigenvalue weighted by Crippen LogP contribution is 2.35. The number of aliphatic hydroxyl groups excluding tert-OH is 1. The Morgan fingerprint density at radius 3 is 2.53 bits per heavy atom. The number of hydrogen-bond acceptors (Lipinski definition) is 2. The van der Waals surface area contributed by atoms with E-state index in [4.69, 9.17) is 0 Å². The van der Waals surface area contributed by atoms with Gasteiger partial charge in [-0.2, -0.15) is 0 Å². The van der Waals surface area contributed by atoms with Gasteiger partial charge in [0.1, 0.15) is 5.82 Å². The second-order valence-electron chi connectivity index (χ2n) is 5.48. The van der Waals surface area contributed by atoms with Gasteiger partial charge in [0.05, 0.1) is 0 Å². The van der Waals surface area contributed by atoms with E-state index in [-0.39, 0.29) is 18.0 Å². The highest BCUT2D eigenvalue weighted by Gasteiger charge is 2.34. The Bertz CT molecular complexity index is 374. The number of hydrogen-bond donors (Lipinski definition) is 1. The van der Waals surface area contributed by atoms with Crippen LogP contribution in [0.2, 0.25) is 0 Å². The van der Waals surface area contributed by atoms with E-state index in [2.05, 4.69) is 18.7 Å². The van der Waals surface area contributed by atoms with E-state index in [0.29, 0.717) is 5.92 Å². The molecule has 1 atom stereocenters. The van der Waals surface area contributed by atoms with Gasteiger partial charge in [-0.05, 0) is 56.9 Å². The van der Waals surface area contributed by atoms with E-state index in [1.54, 1.807) is 0 Å². The first-order valence-electron chi connectivity index (χ1n) is 6.17. The van der Waals surface area contributed by atoms with Crippen molar-refractivity contribution in [3.63, 3.8) is 0 Å². The molecule has 2 rings (SSSR count). The van der Waals surface area contributed by atoms with Gasteiger partial charge in [0.2, 0.25) is 0 Å². The van der Waals surface area contributed by atoms with Crippen LogP contribution in [0.1, 0.15) is 26.7 Å². The van der Waals surface area contributed by atoms with Crippen LogP contribution in [0.5, 0.6) is 0 Å². The van der Waals surface area contributed by atoms with Crippen LogP contribution < -0.4 is 4.90 Å². The minimum Gasteiger partial charge on any atom is -0.396 e. The molecule has 1 unspecified atom stereocenters. The molecule has 17 heavy (non-hydrogen) atoms. The third-order valence-corrected chi connectivity index (χ3v) is 3.68. The predicted octanol–water partition coefficient (Wildman–Crippen LogP) is 2.81. The van der Waals surface area contributed by atoms with E-state index in [0.717, 1.165) is 25.1 Å². The Hall–Kier alpha value is -1.09. The molecule has 1 aromatic carbocycles. The molecule has 0 amide bonds. The standard InChI is InChI=1S/C14H20FNO/c1-14(2)9-11(10-17)7-8-16(14)13-5-3-12(15)4-6-13/h3-6,11,17H,7-10H2,1-2H3. The van der Waals surface area contributed by atoms with Crippen LogP contribution in [-0.4, -0.2) is 23.8 Å². The first kappa shape index (κ1) is 12.4. The van der Waals surface area contributed by atoms with Gasteiger partial charge >= 0.3 is 0 Å². The quantitative estimate of drug-likeness (QED) is 0.855. The molecule has 0 aliphatic carbocycles. The molecule has 1 aromatic rings. The molecule has 2 nitrogen and oxygen atoms in total. The summed E-state index contributed by atoms with van der Waals surface area (Å²) in [5.41, 5.74) is 1.08. The summed E-state index contributed by atoms with van der Waals surface area (Å²) >= 11 is 0. The second kappa shape index (κ2) is 4.65. The average molecular weight is 237 g/mol. The fourth-order valence-corrected chi connectivity index (χ4v) is 2.79. The maximum Gasteiger partial charge on any atom is 0.123 e. The fraction of sp³-hybridized carbons (Fsp3) is 0.571.